The van der Waals surface area contributed by atoms with Gasteiger partial charge in [-0.05, 0) is 11.8 Å². The zero-order valence-corrected chi connectivity index (χ0v) is 9.39. The quantitative estimate of drug-likeness (QED) is 0.270. The first-order valence-corrected chi connectivity index (χ1v) is 5.80. The Labute approximate surface area is 75.8 Å². The van der Waals surface area contributed by atoms with Gasteiger partial charge in [-0.2, -0.15) is 12.6 Å². The fourth-order valence-electron chi connectivity index (χ4n) is 0.600. The van der Waals surface area contributed by atoms with Crippen LogP contribution in [0.3, 0.4) is 0 Å². The molecule has 0 aromatic rings. The highest BCUT2D eigenvalue weighted by molar-refractivity contribution is 7.80. The molecule has 0 saturated heterocycles. The van der Waals surface area contributed by atoms with Crippen molar-refractivity contribution in [3.05, 3.63) is 0 Å². The first kappa shape index (κ1) is 11.4. The SMILES string of the molecule is COCC(OC)O[SiH2]CCS. The van der Waals surface area contributed by atoms with Gasteiger partial charge in [0.05, 0.1) is 6.61 Å². The monoisotopic (exact) mass is 196 g/mol. The Bertz CT molecular complexity index is 84.2. The van der Waals surface area contributed by atoms with E-state index in [1.54, 1.807) is 14.2 Å². The lowest BCUT2D eigenvalue weighted by Crippen LogP contribution is -2.23. The van der Waals surface area contributed by atoms with Gasteiger partial charge in [-0.15, -0.1) is 0 Å². The fourth-order valence-corrected chi connectivity index (χ4v) is 1.78. The van der Waals surface area contributed by atoms with Crippen molar-refractivity contribution in [3.63, 3.8) is 0 Å². The lowest BCUT2D eigenvalue weighted by Gasteiger charge is -2.14. The molecule has 0 aromatic carbocycles. The molecule has 0 N–H and O–H groups in total. The summed E-state index contributed by atoms with van der Waals surface area (Å²) in [5.74, 6) is 0.898. The molecule has 11 heavy (non-hydrogen) atoms. The van der Waals surface area contributed by atoms with Gasteiger partial charge in [0.25, 0.3) is 0 Å². The Hall–Kier alpha value is 0.447. The molecule has 1 atom stereocenters. The molecule has 0 spiro atoms. The lowest BCUT2D eigenvalue weighted by atomic mass is 10.7. The van der Waals surface area contributed by atoms with Gasteiger partial charge in [-0.25, -0.2) is 0 Å². The smallest absolute Gasteiger partial charge is 0.170 e. The average Bonchev–Trinajstić information content (AvgIpc) is 2.03. The lowest BCUT2D eigenvalue weighted by molar-refractivity contribution is -0.0927. The van der Waals surface area contributed by atoms with E-state index in [2.05, 4.69) is 12.6 Å². The average molecular weight is 196 g/mol. The van der Waals surface area contributed by atoms with E-state index in [0.717, 1.165) is 11.8 Å². The van der Waals surface area contributed by atoms with Crippen LogP contribution in [0.5, 0.6) is 0 Å². The van der Waals surface area contributed by atoms with Crippen LogP contribution < -0.4 is 0 Å². The second-order valence-electron chi connectivity index (χ2n) is 2.07. The first-order chi connectivity index (χ1) is 5.35. The van der Waals surface area contributed by atoms with E-state index in [-0.39, 0.29) is 6.29 Å². The number of hydrogen-bond acceptors (Lipinski definition) is 4. The number of hydrogen-bond donors (Lipinski definition) is 1. The zero-order chi connectivity index (χ0) is 8.53. The van der Waals surface area contributed by atoms with Gasteiger partial charge in [0, 0.05) is 14.2 Å². The highest BCUT2D eigenvalue weighted by Gasteiger charge is 2.04. The van der Waals surface area contributed by atoms with Crippen molar-refractivity contribution < 1.29 is 13.9 Å². The van der Waals surface area contributed by atoms with Crippen LogP contribution in [0.2, 0.25) is 6.04 Å². The van der Waals surface area contributed by atoms with E-state index in [1.807, 2.05) is 0 Å². The van der Waals surface area contributed by atoms with Crippen molar-refractivity contribution in [2.45, 2.75) is 12.3 Å². The number of thiol groups is 1. The van der Waals surface area contributed by atoms with E-state index >= 15 is 0 Å². The van der Waals surface area contributed by atoms with Crippen molar-refractivity contribution in [1.29, 1.82) is 0 Å². The molecule has 1 unspecified atom stereocenters. The fraction of sp³-hybridized carbons (Fsp3) is 1.00. The van der Waals surface area contributed by atoms with E-state index in [0.29, 0.717) is 6.61 Å². The van der Waals surface area contributed by atoms with E-state index in [4.69, 9.17) is 13.9 Å². The number of rotatable bonds is 7. The highest BCUT2D eigenvalue weighted by Crippen LogP contribution is 1.94. The maximum Gasteiger partial charge on any atom is 0.170 e. The predicted octanol–water partition coefficient (Wildman–Crippen LogP) is 0.0538. The maximum atomic E-state index is 5.41. The summed E-state index contributed by atoms with van der Waals surface area (Å²) in [7, 11) is 2.81. The van der Waals surface area contributed by atoms with Gasteiger partial charge >= 0.3 is 0 Å². The maximum absolute atomic E-state index is 5.41. The Kier molecular flexibility index (Phi) is 8.89. The Balaban J connectivity index is 3.20. The van der Waals surface area contributed by atoms with E-state index < -0.39 is 9.76 Å². The molecular formula is C6H16O3SSi. The molecule has 0 aliphatic heterocycles. The minimum atomic E-state index is -0.449. The van der Waals surface area contributed by atoms with Gasteiger partial charge < -0.3 is 13.9 Å². The summed E-state index contributed by atoms with van der Waals surface area (Å²) in [4.78, 5) is 0. The van der Waals surface area contributed by atoms with E-state index in [1.165, 1.54) is 0 Å². The van der Waals surface area contributed by atoms with Crippen molar-refractivity contribution in [1.82, 2.24) is 0 Å². The van der Waals surface area contributed by atoms with Crippen LogP contribution in [0.1, 0.15) is 0 Å². The van der Waals surface area contributed by atoms with Gasteiger partial charge in [-0.3, -0.25) is 0 Å². The molecule has 0 radical (unpaired) electrons. The Morgan fingerprint density at radius 3 is 2.64 bits per heavy atom. The summed E-state index contributed by atoms with van der Waals surface area (Å²) in [6, 6.07) is 1.08. The normalized spacial score (nSPS) is 14.5. The van der Waals surface area contributed by atoms with Crippen molar-refractivity contribution in [3.8, 4) is 0 Å². The molecule has 0 aliphatic carbocycles. The van der Waals surface area contributed by atoms with Gasteiger partial charge in [0.1, 0.15) is 0 Å². The molecule has 3 nitrogen and oxygen atoms in total. The molecule has 0 bridgehead atoms. The van der Waals surface area contributed by atoms with Crippen molar-refractivity contribution in [2.24, 2.45) is 0 Å². The third-order valence-corrected chi connectivity index (χ3v) is 3.33. The molecule has 0 rings (SSSR count). The highest BCUT2D eigenvalue weighted by atomic mass is 32.1. The van der Waals surface area contributed by atoms with Crippen LogP contribution in [0.15, 0.2) is 0 Å². The molecule has 0 amide bonds. The van der Waals surface area contributed by atoms with Crippen molar-refractivity contribution >= 4 is 22.4 Å². The van der Waals surface area contributed by atoms with Crippen LogP contribution in [0.4, 0.5) is 0 Å². The molecule has 0 fully saturated rings. The Morgan fingerprint density at radius 1 is 1.45 bits per heavy atom. The topological polar surface area (TPSA) is 27.7 Å². The van der Waals surface area contributed by atoms with Crippen molar-refractivity contribution in [2.75, 3.05) is 26.6 Å². The first-order valence-electron chi connectivity index (χ1n) is 3.59. The summed E-state index contributed by atoms with van der Waals surface area (Å²) in [6.45, 7) is 0.510. The molecular weight excluding hydrogens is 180 g/mol. The van der Waals surface area contributed by atoms with Crippen LogP contribution in [-0.4, -0.2) is 42.6 Å². The van der Waals surface area contributed by atoms with Crippen LogP contribution in [0.25, 0.3) is 0 Å². The summed E-state index contributed by atoms with van der Waals surface area (Å²) >= 11 is 4.09. The molecule has 0 saturated carbocycles. The third-order valence-electron chi connectivity index (χ3n) is 1.17. The number of methoxy groups -OCH3 is 2. The van der Waals surface area contributed by atoms with Gasteiger partial charge in [-0.1, -0.05) is 0 Å². The summed E-state index contributed by atoms with van der Waals surface area (Å²) in [5.41, 5.74) is 0. The second-order valence-corrected chi connectivity index (χ2v) is 3.96. The largest absolute Gasteiger partial charge is 0.398 e. The standard InChI is InChI=1S/C6H16O3SSi/c1-7-5-6(8-2)9-11-4-3-10/h6,10H,3-5,11H2,1-2H3. The van der Waals surface area contributed by atoms with Gasteiger partial charge in [0.2, 0.25) is 0 Å². The zero-order valence-electron chi connectivity index (χ0n) is 7.08. The van der Waals surface area contributed by atoms with Crippen LogP contribution in [0, 0.1) is 0 Å². The van der Waals surface area contributed by atoms with E-state index in [9.17, 15) is 0 Å². The molecule has 0 aliphatic rings. The van der Waals surface area contributed by atoms with Crippen LogP contribution >= 0.6 is 12.6 Å². The summed E-state index contributed by atoms with van der Waals surface area (Å²) in [6.07, 6.45) is -0.174. The molecule has 0 heterocycles. The third kappa shape index (κ3) is 6.83. The number of ether oxygens (including phenoxy) is 2. The predicted molar refractivity (Wildman–Crippen MR) is 51.0 cm³/mol. The molecule has 5 heteroatoms. The molecule has 0 aromatic heterocycles. The molecule has 68 valence electrons. The second kappa shape index (κ2) is 8.54. The minimum absolute atomic E-state index is 0.174. The minimum Gasteiger partial charge on any atom is -0.398 e. The van der Waals surface area contributed by atoms with Gasteiger partial charge in [0.15, 0.2) is 16.1 Å². The summed E-state index contributed by atoms with van der Waals surface area (Å²) in [5, 5.41) is 0. The summed E-state index contributed by atoms with van der Waals surface area (Å²) < 4.78 is 15.3. The Morgan fingerprint density at radius 2 is 2.18 bits per heavy atom. The van der Waals surface area contributed by atoms with Crippen LogP contribution in [-0.2, 0) is 13.9 Å².